The molecular weight excluding hydrogens is 345 g/mol. The maximum atomic E-state index is 13.3. The van der Waals surface area contributed by atoms with Gasteiger partial charge in [-0.15, -0.1) is 0 Å². The van der Waals surface area contributed by atoms with Gasteiger partial charge < -0.3 is 15.0 Å². The predicted molar refractivity (Wildman–Crippen MR) is 92.9 cm³/mol. The molecule has 1 fully saturated rings. The van der Waals surface area contributed by atoms with Gasteiger partial charge in [-0.05, 0) is 36.2 Å². The standard InChI is InChI=1S/C18H19ClFN3O2/c1-12(14-8-16(20)10-21-9-14)22-18(24)23-5-6-25-17(11-23)13-3-2-4-15(19)7-13/h2-4,7-10,12,17H,5-6,11H2,1H3,(H,22,24). The van der Waals surface area contributed by atoms with Gasteiger partial charge in [-0.1, -0.05) is 23.7 Å². The summed E-state index contributed by atoms with van der Waals surface area (Å²) >= 11 is 6.03. The van der Waals surface area contributed by atoms with Gasteiger partial charge in [0, 0.05) is 17.8 Å². The average molecular weight is 364 g/mol. The van der Waals surface area contributed by atoms with Crippen molar-refractivity contribution in [1.82, 2.24) is 15.2 Å². The molecule has 2 atom stereocenters. The first kappa shape index (κ1) is 17.6. The van der Waals surface area contributed by atoms with E-state index < -0.39 is 5.82 Å². The smallest absolute Gasteiger partial charge is 0.318 e. The quantitative estimate of drug-likeness (QED) is 0.904. The summed E-state index contributed by atoms with van der Waals surface area (Å²) in [5.74, 6) is -0.425. The van der Waals surface area contributed by atoms with Crippen molar-refractivity contribution in [2.45, 2.75) is 19.1 Å². The number of benzene rings is 1. The van der Waals surface area contributed by atoms with Gasteiger partial charge in [0.1, 0.15) is 11.9 Å². The van der Waals surface area contributed by atoms with Crippen molar-refractivity contribution in [3.05, 3.63) is 64.7 Å². The lowest BCUT2D eigenvalue weighted by atomic mass is 10.1. The second kappa shape index (κ2) is 7.80. The van der Waals surface area contributed by atoms with Crippen LogP contribution in [0, 0.1) is 5.82 Å². The van der Waals surface area contributed by atoms with E-state index in [1.54, 1.807) is 24.1 Å². The number of nitrogens with one attached hydrogen (secondary N) is 1. The maximum Gasteiger partial charge on any atom is 0.318 e. The molecular formula is C18H19ClFN3O2. The topological polar surface area (TPSA) is 54.5 Å². The Hall–Kier alpha value is -2.18. The van der Waals surface area contributed by atoms with Gasteiger partial charge in [-0.3, -0.25) is 4.98 Å². The first-order chi connectivity index (χ1) is 12.0. The Morgan fingerprint density at radius 2 is 2.28 bits per heavy atom. The molecule has 7 heteroatoms. The van der Waals surface area contributed by atoms with E-state index in [-0.39, 0.29) is 18.2 Å². The number of urea groups is 1. The van der Waals surface area contributed by atoms with Crippen LogP contribution in [-0.4, -0.2) is 35.6 Å². The molecule has 1 aliphatic heterocycles. The van der Waals surface area contributed by atoms with E-state index in [2.05, 4.69) is 10.3 Å². The number of rotatable bonds is 3. The molecule has 25 heavy (non-hydrogen) atoms. The van der Waals surface area contributed by atoms with E-state index in [1.807, 2.05) is 18.2 Å². The highest BCUT2D eigenvalue weighted by Crippen LogP contribution is 2.25. The maximum absolute atomic E-state index is 13.3. The third kappa shape index (κ3) is 4.46. The Kier molecular flexibility index (Phi) is 5.50. The lowest BCUT2D eigenvalue weighted by Crippen LogP contribution is -2.47. The third-order valence-corrected chi connectivity index (χ3v) is 4.38. The summed E-state index contributed by atoms with van der Waals surface area (Å²) in [7, 11) is 0. The van der Waals surface area contributed by atoms with Gasteiger partial charge >= 0.3 is 6.03 Å². The molecule has 0 bridgehead atoms. The second-order valence-electron chi connectivity index (χ2n) is 5.97. The molecule has 5 nitrogen and oxygen atoms in total. The number of carbonyl (C=O) groups is 1. The first-order valence-corrected chi connectivity index (χ1v) is 8.43. The highest BCUT2D eigenvalue weighted by atomic mass is 35.5. The Bertz CT molecular complexity index is 759. The molecule has 2 unspecified atom stereocenters. The normalized spacial score (nSPS) is 18.7. The van der Waals surface area contributed by atoms with Crippen LogP contribution in [0.1, 0.15) is 30.2 Å². The molecule has 0 saturated carbocycles. The van der Waals surface area contributed by atoms with Gasteiger partial charge in [-0.2, -0.15) is 0 Å². The molecule has 1 aromatic heterocycles. The fourth-order valence-electron chi connectivity index (χ4n) is 2.77. The molecule has 1 aromatic carbocycles. The van der Waals surface area contributed by atoms with Crippen LogP contribution in [0.2, 0.25) is 5.02 Å². The molecule has 2 aromatic rings. The highest BCUT2D eigenvalue weighted by molar-refractivity contribution is 6.30. The van der Waals surface area contributed by atoms with Gasteiger partial charge in [0.2, 0.25) is 0 Å². The van der Waals surface area contributed by atoms with Gasteiger partial charge in [0.25, 0.3) is 0 Å². The third-order valence-electron chi connectivity index (χ3n) is 4.14. The average Bonchev–Trinajstić information content (AvgIpc) is 2.62. The first-order valence-electron chi connectivity index (χ1n) is 8.06. The Morgan fingerprint density at radius 1 is 1.44 bits per heavy atom. The Labute approximate surface area is 150 Å². The van der Waals surface area contributed by atoms with Crippen LogP contribution in [0.25, 0.3) is 0 Å². The van der Waals surface area contributed by atoms with Crippen LogP contribution < -0.4 is 5.32 Å². The van der Waals surface area contributed by atoms with E-state index in [1.165, 1.54) is 6.07 Å². The molecule has 1 saturated heterocycles. The molecule has 3 rings (SSSR count). The van der Waals surface area contributed by atoms with Crippen molar-refractivity contribution < 1.29 is 13.9 Å². The monoisotopic (exact) mass is 363 g/mol. The minimum Gasteiger partial charge on any atom is -0.370 e. The van der Waals surface area contributed by atoms with Crippen LogP contribution in [0.15, 0.2) is 42.7 Å². The van der Waals surface area contributed by atoms with Crippen LogP contribution in [-0.2, 0) is 4.74 Å². The Balaban J connectivity index is 1.64. The lowest BCUT2D eigenvalue weighted by molar-refractivity contribution is -0.0157. The molecule has 0 radical (unpaired) electrons. The summed E-state index contributed by atoms with van der Waals surface area (Å²) in [6, 6.07) is 8.24. The minimum atomic E-state index is -0.425. The molecule has 2 heterocycles. The molecule has 2 amide bonds. The molecule has 0 aliphatic carbocycles. The predicted octanol–water partition coefficient (Wildman–Crippen LogP) is 3.72. The van der Waals surface area contributed by atoms with Gasteiger partial charge in [-0.25, -0.2) is 9.18 Å². The summed E-state index contributed by atoms with van der Waals surface area (Å²) in [5, 5.41) is 3.51. The number of amides is 2. The summed E-state index contributed by atoms with van der Waals surface area (Å²) in [6.07, 6.45) is 2.46. The molecule has 0 spiro atoms. The zero-order valence-electron chi connectivity index (χ0n) is 13.8. The van der Waals surface area contributed by atoms with Crippen LogP contribution in [0.3, 0.4) is 0 Å². The molecule has 1 aliphatic rings. The largest absolute Gasteiger partial charge is 0.370 e. The fourth-order valence-corrected chi connectivity index (χ4v) is 2.97. The second-order valence-corrected chi connectivity index (χ2v) is 6.40. The van der Waals surface area contributed by atoms with Gasteiger partial charge in [0.15, 0.2) is 0 Å². The number of pyridine rings is 1. The number of aromatic nitrogens is 1. The van der Waals surface area contributed by atoms with Crippen LogP contribution in [0.5, 0.6) is 0 Å². The van der Waals surface area contributed by atoms with Crippen LogP contribution >= 0.6 is 11.6 Å². The van der Waals surface area contributed by atoms with Crippen molar-refractivity contribution in [2.75, 3.05) is 19.7 Å². The fraction of sp³-hybridized carbons (Fsp3) is 0.333. The Morgan fingerprint density at radius 3 is 3.04 bits per heavy atom. The van der Waals surface area contributed by atoms with E-state index in [0.717, 1.165) is 11.8 Å². The summed E-state index contributed by atoms with van der Waals surface area (Å²) in [6.45, 7) is 3.17. The van der Waals surface area contributed by atoms with Crippen molar-refractivity contribution in [3.63, 3.8) is 0 Å². The van der Waals surface area contributed by atoms with Crippen molar-refractivity contribution in [1.29, 1.82) is 0 Å². The summed E-state index contributed by atoms with van der Waals surface area (Å²) in [4.78, 5) is 18.0. The van der Waals surface area contributed by atoms with E-state index in [4.69, 9.17) is 16.3 Å². The highest BCUT2D eigenvalue weighted by Gasteiger charge is 2.26. The number of halogens is 2. The number of morpholine rings is 1. The van der Waals surface area contributed by atoms with Crippen molar-refractivity contribution in [3.8, 4) is 0 Å². The van der Waals surface area contributed by atoms with Crippen molar-refractivity contribution in [2.24, 2.45) is 0 Å². The molecule has 1 N–H and O–H groups in total. The van der Waals surface area contributed by atoms with Crippen molar-refractivity contribution >= 4 is 17.6 Å². The van der Waals surface area contributed by atoms with Crippen LogP contribution in [0.4, 0.5) is 9.18 Å². The van der Waals surface area contributed by atoms with Gasteiger partial charge in [0.05, 0.1) is 25.4 Å². The number of ether oxygens (including phenoxy) is 1. The number of nitrogens with zero attached hydrogens (tertiary/aromatic N) is 2. The SMILES string of the molecule is CC(NC(=O)N1CCOC(c2cccc(Cl)c2)C1)c1cncc(F)c1. The summed E-state index contributed by atoms with van der Waals surface area (Å²) < 4.78 is 19.0. The lowest BCUT2D eigenvalue weighted by Gasteiger charge is -2.34. The van der Waals surface area contributed by atoms with E-state index >= 15 is 0 Å². The van der Waals surface area contributed by atoms with E-state index in [9.17, 15) is 9.18 Å². The molecule has 132 valence electrons. The zero-order valence-corrected chi connectivity index (χ0v) is 14.5. The minimum absolute atomic E-state index is 0.216. The number of hydrogen-bond donors (Lipinski definition) is 1. The zero-order chi connectivity index (χ0) is 17.8. The summed E-state index contributed by atoms with van der Waals surface area (Å²) in [5.41, 5.74) is 1.56. The van der Waals surface area contributed by atoms with E-state index in [0.29, 0.717) is 30.3 Å². The number of hydrogen-bond acceptors (Lipinski definition) is 3. The number of carbonyl (C=O) groups excluding carboxylic acids is 1.